The van der Waals surface area contributed by atoms with Gasteiger partial charge in [-0.1, -0.05) is 31.2 Å². The molecule has 0 atom stereocenters. The Kier molecular flexibility index (Phi) is 5.96. The van der Waals surface area contributed by atoms with Crippen molar-refractivity contribution >= 4 is 22.7 Å². The molecule has 5 nitrogen and oxygen atoms in total. The van der Waals surface area contributed by atoms with Gasteiger partial charge in [-0.2, -0.15) is 5.10 Å². The summed E-state index contributed by atoms with van der Waals surface area (Å²) >= 11 is 1.56. The summed E-state index contributed by atoms with van der Waals surface area (Å²) in [6.07, 6.45) is 1.83. The lowest BCUT2D eigenvalue weighted by Gasteiger charge is -2.34. The zero-order valence-electron chi connectivity index (χ0n) is 14.4. The molecule has 1 saturated heterocycles. The van der Waals surface area contributed by atoms with Gasteiger partial charge in [-0.05, 0) is 24.6 Å². The van der Waals surface area contributed by atoms with Crippen LogP contribution in [0, 0.1) is 6.92 Å². The Labute approximate surface area is 148 Å². The number of nitrogens with one attached hydrogen (secondary N) is 1. The van der Waals surface area contributed by atoms with Crippen molar-refractivity contribution in [2.24, 2.45) is 5.10 Å². The molecular formula is C18H25N5S. The first-order valence-electron chi connectivity index (χ1n) is 8.48. The van der Waals surface area contributed by atoms with E-state index in [0.29, 0.717) is 0 Å². The molecule has 0 spiro atoms. The molecular weight excluding hydrogens is 318 g/mol. The van der Waals surface area contributed by atoms with E-state index in [0.717, 1.165) is 42.6 Å². The highest BCUT2D eigenvalue weighted by atomic mass is 32.1. The maximum Gasteiger partial charge on any atom is 0.203 e. The van der Waals surface area contributed by atoms with E-state index < -0.39 is 0 Å². The number of nitrogens with zero attached hydrogens (tertiary/aromatic N) is 4. The second kappa shape index (κ2) is 8.37. The summed E-state index contributed by atoms with van der Waals surface area (Å²) in [5.74, 6) is 0. The van der Waals surface area contributed by atoms with Gasteiger partial charge in [-0.25, -0.2) is 4.98 Å². The minimum atomic E-state index is 0.826. The van der Waals surface area contributed by atoms with Crippen LogP contribution in [-0.4, -0.2) is 53.7 Å². The number of hydrazone groups is 1. The molecule has 1 aliphatic heterocycles. The number of aromatic nitrogens is 1. The first-order chi connectivity index (χ1) is 11.7. The summed E-state index contributed by atoms with van der Waals surface area (Å²) in [6, 6.07) is 8.63. The topological polar surface area (TPSA) is 43.8 Å². The molecule has 0 aliphatic carbocycles. The maximum absolute atomic E-state index is 4.32. The molecule has 3 rings (SSSR count). The van der Waals surface area contributed by atoms with Gasteiger partial charge in [-0.3, -0.25) is 10.3 Å². The zero-order chi connectivity index (χ0) is 16.8. The van der Waals surface area contributed by atoms with E-state index in [1.54, 1.807) is 11.3 Å². The van der Waals surface area contributed by atoms with Crippen molar-refractivity contribution in [2.45, 2.75) is 20.4 Å². The van der Waals surface area contributed by atoms with Gasteiger partial charge in [-0.15, -0.1) is 11.3 Å². The smallest absolute Gasteiger partial charge is 0.203 e. The van der Waals surface area contributed by atoms with Gasteiger partial charge in [0.25, 0.3) is 0 Å². The average Bonchev–Trinajstić information content (AvgIpc) is 3.02. The van der Waals surface area contributed by atoms with Crippen LogP contribution < -0.4 is 5.43 Å². The molecule has 24 heavy (non-hydrogen) atoms. The van der Waals surface area contributed by atoms with Crippen molar-refractivity contribution in [1.29, 1.82) is 0 Å². The van der Waals surface area contributed by atoms with Crippen LogP contribution in [0.4, 0.5) is 5.13 Å². The molecule has 0 saturated carbocycles. The molecule has 0 unspecified atom stereocenters. The van der Waals surface area contributed by atoms with Crippen molar-refractivity contribution in [2.75, 3.05) is 38.1 Å². The van der Waals surface area contributed by atoms with E-state index in [2.05, 4.69) is 56.5 Å². The Bertz CT molecular complexity index is 656. The molecule has 2 aromatic rings. The molecule has 1 aromatic carbocycles. The highest BCUT2D eigenvalue weighted by molar-refractivity contribution is 7.13. The number of rotatable bonds is 6. The molecule has 2 heterocycles. The fourth-order valence-corrected chi connectivity index (χ4v) is 3.44. The van der Waals surface area contributed by atoms with E-state index in [-0.39, 0.29) is 0 Å². The fraction of sp³-hybridized carbons (Fsp3) is 0.444. The van der Waals surface area contributed by atoms with Gasteiger partial charge < -0.3 is 4.90 Å². The van der Waals surface area contributed by atoms with E-state index in [9.17, 15) is 0 Å². The van der Waals surface area contributed by atoms with Crippen molar-refractivity contribution < 1.29 is 0 Å². The Morgan fingerprint density at radius 1 is 1.17 bits per heavy atom. The summed E-state index contributed by atoms with van der Waals surface area (Å²) in [6.45, 7) is 11.1. The number of benzene rings is 1. The van der Waals surface area contributed by atoms with E-state index >= 15 is 0 Å². The summed E-state index contributed by atoms with van der Waals surface area (Å²) in [4.78, 5) is 9.35. The van der Waals surface area contributed by atoms with Crippen molar-refractivity contribution in [3.63, 3.8) is 0 Å². The lowest BCUT2D eigenvalue weighted by molar-refractivity contribution is 0.132. The second-order valence-corrected chi connectivity index (χ2v) is 6.97. The summed E-state index contributed by atoms with van der Waals surface area (Å²) in [7, 11) is 0. The first kappa shape index (κ1) is 17.1. The predicted molar refractivity (Wildman–Crippen MR) is 102 cm³/mol. The third-order valence-electron chi connectivity index (χ3n) is 4.29. The molecule has 0 radical (unpaired) electrons. The van der Waals surface area contributed by atoms with E-state index in [1.807, 2.05) is 18.5 Å². The third-order valence-corrected chi connectivity index (χ3v) is 5.16. The minimum Gasteiger partial charge on any atom is -0.301 e. The first-order valence-corrected chi connectivity index (χ1v) is 9.36. The number of thiazole rings is 1. The van der Waals surface area contributed by atoms with Crippen LogP contribution in [0.5, 0.6) is 0 Å². The minimum absolute atomic E-state index is 0.826. The highest BCUT2D eigenvalue weighted by Crippen LogP contribution is 2.14. The number of hydrogen-bond acceptors (Lipinski definition) is 6. The van der Waals surface area contributed by atoms with Gasteiger partial charge in [0.15, 0.2) is 0 Å². The fourth-order valence-electron chi connectivity index (χ4n) is 2.80. The van der Waals surface area contributed by atoms with Crippen LogP contribution in [0.25, 0.3) is 0 Å². The third kappa shape index (κ3) is 4.87. The number of piperazine rings is 1. The second-order valence-electron chi connectivity index (χ2n) is 6.12. The van der Waals surface area contributed by atoms with Gasteiger partial charge in [0, 0.05) is 38.1 Å². The monoisotopic (exact) mass is 343 g/mol. The summed E-state index contributed by atoms with van der Waals surface area (Å²) < 4.78 is 0. The normalized spacial score (nSPS) is 16.8. The van der Waals surface area contributed by atoms with E-state index in [1.165, 1.54) is 18.7 Å². The standard InChI is InChI=1S/C18H25N5S/c1-3-22-8-10-23(11-9-22)13-17-6-4-16(5-7-17)12-19-21-18-20-15(2)14-24-18/h4-7,12,14H,3,8-11,13H2,1-2H3,(H,20,21). The van der Waals surface area contributed by atoms with Crippen molar-refractivity contribution in [3.05, 3.63) is 46.5 Å². The predicted octanol–water partition coefficient (Wildman–Crippen LogP) is 3.04. The summed E-state index contributed by atoms with van der Waals surface area (Å²) in [5, 5.41) is 7.08. The lowest BCUT2D eigenvalue weighted by atomic mass is 10.1. The van der Waals surface area contributed by atoms with Crippen LogP contribution in [0.15, 0.2) is 34.7 Å². The average molecular weight is 344 g/mol. The molecule has 1 fully saturated rings. The molecule has 0 bridgehead atoms. The number of anilines is 1. The maximum atomic E-state index is 4.32. The van der Waals surface area contributed by atoms with Gasteiger partial charge in [0.1, 0.15) is 0 Å². The Balaban J connectivity index is 1.48. The largest absolute Gasteiger partial charge is 0.301 e. The van der Waals surface area contributed by atoms with Gasteiger partial charge in [0.2, 0.25) is 5.13 Å². The SMILES string of the molecule is CCN1CCN(Cc2ccc(C=NNc3nc(C)cs3)cc2)CC1. The zero-order valence-corrected chi connectivity index (χ0v) is 15.2. The number of hydrogen-bond donors (Lipinski definition) is 1. The van der Waals surface area contributed by atoms with Gasteiger partial charge >= 0.3 is 0 Å². The van der Waals surface area contributed by atoms with Crippen LogP contribution >= 0.6 is 11.3 Å². The molecule has 0 amide bonds. The summed E-state index contributed by atoms with van der Waals surface area (Å²) in [5.41, 5.74) is 6.44. The molecule has 1 N–H and O–H groups in total. The van der Waals surface area contributed by atoms with Crippen LogP contribution in [0.2, 0.25) is 0 Å². The van der Waals surface area contributed by atoms with Crippen LogP contribution in [0.3, 0.4) is 0 Å². The lowest BCUT2D eigenvalue weighted by Crippen LogP contribution is -2.45. The van der Waals surface area contributed by atoms with Crippen LogP contribution in [-0.2, 0) is 6.54 Å². The Hall–Kier alpha value is -1.76. The van der Waals surface area contributed by atoms with E-state index in [4.69, 9.17) is 0 Å². The highest BCUT2D eigenvalue weighted by Gasteiger charge is 2.15. The quantitative estimate of drug-likeness (QED) is 0.647. The van der Waals surface area contributed by atoms with Gasteiger partial charge in [0.05, 0.1) is 11.9 Å². The number of likely N-dealkylation sites (N-methyl/N-ethyl adjacent to an activating group) is 1. The van der Waals surface area contributed by atoms with Crippen molar-refractivity contribution in [3.8, 4) is 0 Å². The van der Waals surface area contributed by atoms with Crippen molar-refractivity contribution in [1.82, 2.24) is 14.8 Å². The molecule has 1 aliphatic rings. The molecule has 1 aromatic heterocycles. The molecule has 6 heteroatoms. The molecule has 128 valence electrons. The number of aryl methyl sites for hydroxylation is 1. The Morgan fingerprint density at radius 2 is 1.88 bits per heavy atom. The Morgan fingerprint density at radius 3 is 2.50 bits per heavy atom. The van der Waals surface area contributed by atoms with Crippen LogP contribution in [0.1, 0.15) is 23.7 Å².